The predicted octanol–water partition coefficient (Wildman–Crippen LogP) is 3.50. The number of aromatic nitrogens is 2. The maximum atomic E-state index is 13.0. The van der Waals surface area contributed by atoms with E-state index in [2.05, 4.69) is 31.0 Å². The number of benzene rings is 2. The summed E-state index contributed by atoms with van der Waals surface area (Å²) in [5.74, 6) is 0.788. The van der Waals surface area contributed by atoms with Crippen molar-refractivity contribution in [1.29, 1.82) is 0 Å². The fourth-order valence-electron chi connectivity index (χ4n) is 3.88. The maximum Gasteiger partial charge on any atom is 0.247 e. The van der Waals surface area contributed by atoms with Gasteiger partial charge in [0.05, 0.1) is 4.90 Å². The van der Waals surface area contributed by atoms with Gasteiger partial charge in [0.1, 0.15) is 0 Å². The van der Waals surface area contributed by atoms with Gasteiger partial charge in [0, 0.05) is 44.6 Å². The molecule has 0 radical (unpaired) electrons. The third-order valence-corrected chi connectivity index (χ3v) is 7.90. The summed E-state index contributed by atoms with van der Waals surface area (Å²) in [4.78, 5) is 14.7. The van der Waals surface area contributed by atoms with Crippen LogP contribution in [-0.2, 0) is 26.7 Å². The minimum absolute atomic E-state index is 0.0430. The van der Waals surface area contributed by atoms with Crippen molar-refractivity contribution in [2.75, 3.05) is 26.2 Å². The molecule has 1 fully saturated rings. The van der Waals surface area contributed by atoms with Gasteiger partial charge in [-0.25, -0.2) is 8.42 Å². The molecule has 0 aliphatic carbocycles. The Bertz CT molecular complexity index is 1220. The van der Waals surface area contributed by atoms with E-state index in [1.54, 1.807) is 17.0 Å². The highest BCUT2D eigenvalue weighted by Crippen LogP contribution is 2.25. The van der Waals surface area contributed by atoms with Crippen LogP contribution < -0.4 is 0 Å². The van der Waals surface area contributed by atoms with Crippen LogP contribution in [0.5, 0.6) is 0 Å². The van der Waals surface area contributed by atoms with Gasteiger partial charge in [-0.2, -0.15) is 4.31 Å². The average Bonchev–Trinajstić information content (AvgIpc) is 3.32. The van der Waals surface area contributed by atoms with Crippen molar-refractivity contribution >= 4 is 15.9 Å². The lowest BCUT2D eigenvalue weighted by molar-refractivity contribution is -0.132. The van der Waals surface area contributed by atoms with Crippen LogP contribution in [0.2, 0.25) is 0 Å². The van der Waals surface area contributed by atoms with Crippen molar-refractivity contribution in [3.63, 3.8) is 0 Å². The summed E-state index contributed by atoms with van der Waals surface area (Å²) in [5.41, 5.74) is 1.87. The highest BCUT2D eigenvalue weighted by atomic mass is 32.2. The number of aryl methyl sites for hydroxylation is 1. The van der Waals surface area contributed by atoms with Crippen molar-refractivity contribution in [3.05, 3.63) is 66.1 Å². The molecule has 8 nitrogen and oxygen atoms in total. The molecule has 1 aliphatic heterocycles. The van der Waals surface area contributed by atoms with Gasteiger partial charge in [-0.15, -0.1) is 10.2 Å². The second-order valence-electron chi connectivity index (χ2n) is 9.43. The molecule has 0 bridgehead atoms. The van der Waals surface area contributed by atoms with Gasteiger partial charge >= 0.3 is 0 Å². The number of sulfonamides is 1. The molecule has 0 saturated carbocycles. The van der Waals surface area contributed by atoms with E-state index in [1.165, 1.54) is 4.31 Å². The smallest absolute Gasteiger partial charge is 0.247 e. The fraction of sp³-hybridized carbons (Fsp3) is 0.400. The summed E-state index contributed by atoms with van der Waals surface area (Å²) >= 11 is 0. The molecule has 180 valence electrons. The lowest BCUT2D eigenvalue weighted by Crippen LogP contribution is -2.50. The molecule has 2 aromatic carbocycles. The van der Waals surface area contributed by atoms with E-state index in [4.69, 9.17) is 4.42 Å². The summed E-state index contributed by atoms with van der Waals surface area (Å²) in [7, 11) is -3.59. The number of carbonyl (C=O) groups is 1. The number of rotatable bonds is 6. The van der Waals surface area contributed by atoms with Crippen LogP contribution in [0.3, 0.4) is 0 Å². The number of hydrogen-bond donors (Lipinski definition) is 0. The molecule has 0 spiro atoms. The van der Waals surface area contributed by atoms with Crippen molar-refractivity contribution in [1.82, 2.24) is 19.4 Å². The Labute approximate surface area is 200 Å². The average molecular weight is 483 g/mol. The number of amides is 1. The third-order valence-electron chi connectivity index (χ3n) is 5.99. The minimum Gasteiger partial charge on any atom is -0.421 e. The lowest BCUT2D eigenvalue weighted by Gasteiger charge is -2.34. The first-order valence-corrected chi connectivity index (χ1v) is 12.8. The van der Waals surface area contributed by atoms with E-state index in [9.17, 15) is 13.2 Å². The normalized spacial score (nSPS) is 15.4. The van der Waals surface area contributed by atoms with Gasteiger partial charge in [-0.1, -0.05) is 51.1 Å². The van der Waals surface area contributed by atoms with Crippen LogP contribution in [0.4, 0.5) is 0 Å². The van der Waals surface area contributed by atoms with Crippen LogP contribution in [0.15, 0.2) is 63.9 Å². The minimum atomic E-state index is -3.59. The van der Waals surface area contributed by atoms with E-state index in [0.717, 1.165) is 11.1 Å². The Balaban J connectivity index is 1.30. The number of hydrogen-bond acceptors (Lipinski definition) is 6. The third kappa shape index (κ3) is 5.37. The predicted molar refractivity (Wildman–Crippen MR) is 129 cm³/mol. The van der Waals surface area contributed by atoms with Gasteiger partial charge in [-0.05, 0) is 35.2 Å². The van der Waals surface area contributed by atoms with Crippen molar-refractivity contribution < 1.29 is 17.6 Å². The standard InChI is InChI=1S/C25H30N4O4S/c1-25(2,3)20-9-11-21(12-10-20)34(31,32)29-17-15-28(16-18-29)23(30)14-13-22-26-27-24(33-22)19-7-5-4-6-8-19/h4-12H,13-18H2,1-3H3. The Morgan fingerprint density at radius 1 is 0.941 bits per heavy atom. The van der Waals surface area contributed by atoms with Gasteiger partial charge < -0.3 is 9.32 Å². The van der Waals surface area contributed by atoms with E-state index in [-0.39, 0.29) is 35.7 Å². The van der Waals surface area contributed by atoms with Crippen molar-refractivity contribution in [2.45, 2.75) is 43.9 Å². The Morgan fingerprint density at radius 2 is 1.59 bits per heavy atom. The molecule has 0 N–H and O–H groups in total. The Kier molecular flexibility index (Phi) is 6.86. The zero-order chi connectivity index (χ0) is 24.3. The fourth-order valence-corrected chi connectivity index (χ4v) is 5.30. The van der Waals surface area contributed by atoms with Crippen LogP contribution in [0, 0.1) is 0 Å². The van der Waals surface area contributed by atoms with Crippen molar-refractivity contribution in [3.8, 4) is 11.5 Å². The molecule has 1 saturated heterocycles. The topological polar surface area (TPSA) is 96.6 Å². The molecule has 0 unspecified atom stereocenters. The first-order valence-electron chi connectivity index (χ1n) is 11.4. The molecular weight excluding hydrogens is 452 g/mol. The van der Waals surface area contributed by atoms with E-state index in [1.807, 2.05) is 42.5 Å². The van der Waals surface area contributed by atoms with E-state index >= 15 is 0 Å². The largest absolute Gasteiger partial charge is 0.421 e. The molecule has 4 rings (SSSR count). The molecule has 34 heavy (non-hydrogen) atoms. The highest BCUT2D eigenvalue weighted by molar-refractivity contribution is 7.89. The lowest BCUT2D eigenvalue weighted by atomic mass is 9.87. The molecule has 1 amide bonds. The Hall–Kier alpha value is -3.04. The second-order valence-corrected chi connectivity index (χ2v) is 11.4. The number of nitrogens with zero attached hydrogens (tertiary/aromatic N) is 4. The van der Waals surface area contributed by atoms with Gasteiger partial charge in [-0.3, -0.25) is 4.79 Å². The summed E-state index contributed by atoms with van der Waals surface area (Å²) in [6, 6.07) is 16.5. The summed E-state index contributed by atoms with van der Waals surface area (Å²) in [6.45, 7) is 7.53. The zero-order valence-electron chi connectivity index (χ0n) is 19.8. The Morgan fingerprint density at radius 3 is 2.21 bits per heavy atom. The zero-order valence-corrected chi connectivity index (χ0v) is 20.6. The summed E-state index contributed by atoms with van der Waals surface area (Å²) in [5, 5.41) is 8.08. The highest BCUT2D eigenvalue weighted by Gasteiger charge is 2.30. The first kappa shape index (κ1) is 24.1. The van der Waals surface area contributed by atoms with Gasteiger partial charge in [0.15, 0.2) is 0 Å². The first-order chi connectivity index (χ1) is 16.1. The van der Waals surface area contributed by atoms with E-state index in [0.29, 0.717) is 31.3 Å². The van der Waals surface area contributed by atoms with Crippen LogP contribution in [0.1, 0.15) is 38.6 Å². The van der Waals surface area contributed by atoms with Crippen molar-refractivity contribution in [2.24, 2.45) is 0 Å². The monoisotopic (exact) mass is 482 g/mol. The van der Waals surface area contributed by atoms with E-state index < -0.39 is 10.0 Å². The van der Waals surface area contributed by atoms with Crippen LogP contribution in [-0.4, -0.2) is 59.9 Å². The molecule has 9 heteroatoms. The molecule has 0 atom stereocenters. The maximum absolute atomic E-state index is 13.0. The molecule has 2 heterocycles. The summed E-state index contributed by atoms with van der Waals surface area (Å²) < 4.78 is 33.2. The van der Waals surface area contributed by atoms with Gasteiger partial charge in [0.2, 0.25) is 27.7 Å². The number of carbonyl (C=O) groups excluding carboxylic acids is 1. The molecule has 3 aromatic rings. The molecule has 1 aliphatic rings. The molecular formula is C25H30N4O4S. The van der Waals surface area contributed by atoms with Crippen LogP contribution in [0.25, 0.3) is 11.5 Å². The second kappa shape index (κ2) is 9.68. The van der Waals surface area contributed by atoms with Gasteiger partial charge in [0.25, 0.3) is 0 Å². The quantitative estimate of drug-likeness (QED) is 0.534. The van der Waals surface area contributed by atoms with Crippen LogP contribution >= 0.6 is 0 Å². The molecule has 1 aromatic heterocycles. The summed E-state index contributed by atoms with van der Waals surface area (Å²) in [6.07, 6.45) is 0.578. The SMILES string of the molecule is CC(C)(C)c1ccc(S(=O)(=O)N2CCN(C(=O)CCc3nnc(-c4ccccc4)o3)CC2)cc1. The number of piperazine rings is 1.